The molecular formula is C29H33N3O2. The van der Waals surface area contributed by atoms with E-state index in [0.717, 1.165) is 36.9 Å². The lowest BCUT2D eigenvalue weighted by atomic mass is 9.91. The molecule has 3 aromatic rings. The Kier molecular flexibility index (Phi) is 6.38. The van der Waals surface area contributed by atoms with Gasteiger partial charge >= 0.3 is 0 Å². The van der Waals surface area contributed by atoms with Gasteiger partial charge in [0.15, 0.2) is 0 Å². The van der Waals surface area contributed by atoms with Crippen molar-refractivity contribution in [2.75, 3.05) is 13.1 Å². The minimum atomic E-state index is -0.265. The number of carbonyl (C=O) groups is 2. The van der Waals surface area contributed by atoms with Crippen LogP contribution in [0.2, 0.25) is 0 Å². The van der Waals surface area contributed by atoms with Gasteiger partial charge in [-0.1, -0.05) is 59.7 Å². The van der Waals surface area contributed by atoms with Crippen molar-refractivity contribution in [3.63, 3.8) is 0 Å². The van der Waals surface area contributed by atoms with Gasteiger partial charge in [-0.3, -0.25) is 9.59 Å². The molecule has 176 valence electrons. The molecule has 2 unspecified atom stereocenters. The average Bonchev–Trinajstić information content (AvgIpc) is 3.67. The number of benzene rings is 3. The van der Waals surface area contributed by atoms with E-state index in [2.05, 4.69) is 58.0 Å². The van der Waals surface area contributed by atoms with Gasteiger partial charge in [0.2, 0.25) is 5.91 Å². The highest BCUT2D eigenvalue weighted by Crippen LogP contribution is 2.32. The van der Waals surface area contributed by atoms with Crippen LogP contribution in [-0.2, 0) is 11.3 Å². The van der Waals surface area contributed by atoms with E-state index in [1.807, 2.05) is 32.0 Å². The number of amides is 2. The standard InChI is InChI=1S/C29H33N3O2/c1-19-14-20(2)16-23(15-19)28(33)31-27-12-13-30-17-26(27)29(34)32(24-10-11-24)18-22-8-5-7-21-6-3-4-9-25(21)22/h3-9,14-16,24,26-27,30H,10-13,17-18H2,1-2H3,(H,31,33). The smallest absolute Gasteiger partial charge is 0.251 e. The first-order valence-corrected chi connectivity index (χ1v) is 12.4. The highest BCUT2D eigenvalue weighted by atomic mass is 16.2. The second kappa shape index (κ2) is 9.59. The SMILES string of the molecule is Cc1cc(C)cc(C(=O)NC2CCNCC2C(=O)N(Cc2cccc3ccccc23)C2CC2)c1. The zero-order chi connectivity index (χ0) is 23.7. The maximum Gasteiger partial charge on any atom is 0.251 e. The maximum atomic E-state index is 13.9. The van der Waals surface area contributed by atoms with Gasteiger partial charge < -0.3 is 15.5 Å². The monoisotopic (exact) mass is 455 g/mol. The lowest BCUT2D eigenvalue weighted by molar-refractivity contribution is -0.138. The molecule has 1 saturated carbocycles. The number of fused-ring (bicyclic) bond motifs is 1. The van der Waals surface area contributed by atoms with Crippen molar-refractivity contribution in [2.45, 2.75) is 51.7 Å². The highest BCUT2D eigenvalue weighted by molar-refractivity contribution is 5.95. The first-order chi connectivity index (χ1) is 16.5. The minimum absolute atomic E-state index is 0.0940. The number of piperidine rings is 1. The largest absolute Gasteiger partial charge is 0.348 e. The summed E-state index contributed by atoms with van der Waals surface area (Å²) in [5.41, 5.74) is 3.98. The number of nitrogens with zero attached hydrogens (tertiary/aromatic N) is 1. The Morgan fingerprint density at radius 3 is 2.47 bits per heavy atom. The van der Waals surface area contributed by atoms with Gasteiger partial charge in [-0.15, -0.1) is 0 Å². The molecule has 3 aromatic carbocycles. The topological polar surface area (TPSA) is 61.4 Å². The van der Waals surface area contributed by atoms with E-state index in [9.17, 15) is 9.59 Å². The Morgan fingerprint density at radius 1 is 0.971 bits per heavy atom. The number of carbonyl (C=O) groups excluding carboxylic acids is 2. The van der Waals surface area contributed by atoms with Gasteiger partial charge in [0.25, 0.3) is 5.91 Å². The number of rotatable bonds is 6. The highest BCUT2D eigenvalue weighted by Gasteiger charge is 2.40. The Bertz CT molecular complexity index is 1190. The van der Waals surface area contributed by atoms with Crippen LogP contribution in [0.15, 0.2) is 60.7 Å². The van der Waals surface area contributed by atoms with E-state index in [1.54, 1.807) is 0 Å². The zero-order valence-corrected chi connectivity index (χ0v) is 20.0. The lowest BCUT2D eigenvalue weighted by Gasteiger charge is -2.36. The average molecular weight is 456 g/mol. The van der Waals surface area contributed by atoms with Crippen LogP contribution in [0.25, 0.3) is 10.8 Å². The molecule has 0 spiro atoms. The summed E-state index contributed by atoms with van der Waals surface area (Å²) < 4.78 is 0. The summed E-state index contributed by atoms with van der Waals surface area (Å²) in [6.45, 7) is 6.01. The van der Waals surface area contributed by atoms with Crippen LogP contribution < -0.4 is 10.6 Å². The van der Waals surface area contributed by atoms with Crippen LogP contribution in [0.3, 0.4) is 0 Å². The minimum Gasteiger partial charge on any atom is -0.348 e. The predicted molar refractivity (Wildman–Crippen MR) is 136 cm³/mol. The first kappa shape index (κ1) is 22.6. The Labute approximate surface area is 201 Å². The molecule has 1 heterocycles. The number of hydrogen-bond donors (Lipinski definition) is 2. The summed E-state index contributed by atoms with van der Waals surface area (Å²) in [7, 11) is 0. The molecule has 1 saturated heterocycles. The number of hydrogen-bond acceptors (Lipinski definition) is 3. The van der Waals surface area contributed by atoms with Gasteiger partial charge in [0.1, 0.15) is 0 Å². The fourth-order valence-corrected chi connectivity index (χ4v) is 5.25. The molecule has 2 fully saturated rings. The molecule has 1 aliphatic heterocycles. The van der Waals surface area contributed by atoms with Crippen molar-refractivity contribution >= 4 is 22.6 Å². The molecule has 2 aliphatic rings. The van der Waals surface area contributed by atoms with Crippen molar-refractivity contribution in [3.05, 3.63) is 82.9 Å². The fraction of sp³-hybridized carbons (Fsp3) is 0.379. The van der Waals surface area contributed by atoms with Crippen molar-refractivity contribution in [2.24, 2.45) is 5.92 Å². The summed E-state index contributed by atoms with van der Waals surface area (Å²) in [5, 5.41) is 8.98. The molecule has 2 amide bonds. The third-order valence-electron chi connectivity index (χ3n) is 7.09. The van der Waals surface area contributed by atoms with E-state index in [-0.39, 0.29) is 23.8 Å². The van der Waals surface area contributed by atoms with E-state index < -0.39 is 0 Å². The fourth-order valence-electron chi connectivity index (χ4n) is 5.25. The zero-order valence-electron chi connectivity index (χ0n) is 20.0. The molecule has 5 nitrogen and oxygen atoms in total. The van der Waals surface area contributed by atoms with Crippen LogP contribution in [0.1, 0.15) is 46.3 Å². The van der Waals surface area contributed by atoms with E-state index in [0.29, 0.717) is 24.7 Å². The van der Waals surface area contributed by atoms with Gasteiger partial charge in [-0.05, 0) is 68.1 Å². The normalized spacial score (nSPS) is 20.2. The molecule has 2 N–H and O–H groups in total. The maximum absolute atomic E-state index is 13.9. The summed E-state index contributed by atoms with van der Waals surface area (Å²) >= 11 is 0. The van der Waals surface area contributed by atoms with E-state index in [1.165, 1.54) is 16.3 Å². The Hall–Kier alpha value is -3.18. The van der Waals surface area contributed by atoms with Crippen LogP contribution >= 0.6 is 0 Å². The molecule has 0 bridgehead atoms. The molecule has 5 heteroatoms. The first-order valence-electron chi connectivity index (χ1n) is 12.4. The van der Waals surface area contributed by atoms with Gasteiger partial charge in [0, 0.05) is 30.7 Å². The lowest BCUT2D eigenvalue weighted by Crippen LogP contribution is -2.55. The summed E-state index contributed by atoms with van der Waals surface area (Å²) in [5.74, 6) is -0.212. The molecule has 0 aromatic heterocycles. The summed E-state index contributed by atoms with van der Waals surface area (Å²) in [6, 6.07) is 20.7. The second-order valence-corrected chi connectivity index (χ2v) is 9.89. The third kappa shape index (κ3) is 4.85. The van der Waals surface area contributed by atoms with E-state index in [4.69, 9.17) is 0 Å². The predicted octanol–water partition coefficient (Wildman–Crippen LogP) is 4.36. The van der Waals surface area contributed by atoms with E-state index >= 15 is 0 Å². The van der Waals surface area contributed by atoms with Crippen LogP contribution in [0.4, 0.5) is 0 Å². The van der Waals surface area contributed by atoms with Gasteiger partial charge in [0.05, 0.1) is 5.92 Å². The van der Waals surface area contributed by atoms with Crippen molar-refractivity contribution < 1.29 is 9.59 Å². The molecule has 1 aliphatic carbocycles. The van der Waals surface area contributed by atoms with Gasteiger partial charge in [-0.2, -0.15) is 0 Å². The number of nitrogens with one attached hydrogen (secondary N) is 2. The molecule has 5 rings (SSSR count). The van der Waals surface area contributed by atoms with Crippen molar-refractivity contribution in [1.29, 1.82) is 0 Å². The Morgan fingerprint density at radius 2 is 1.71 bits per heavy atom. The molecule has 34 heavy (non-hydrogen) atoms. The molecular weight excluding hydrogens is 422 g/mol. The summed E-state index contributed by atoms with van der Waals surface area (Å²) in [6.07, 6.45) is 2.85. The van der Waals surface area contributed by atoms with Crippen LogP contribution in [-0.4, -0.2) is 41.9 Å². The third-order valence-corrected chi connectivity index (χ3v) is 7.09. The quantitative estimate of drug-likeness (QED) is 0.581. The van der Waals surface area contributed by atoms with Crippen molar-refractivity contribution in [1.82, 2.24) is 15.5 Å². The van der Waals surface area contributed by atoms with Gasteiger partial charge in [-0.25, -0.2) is 0 Å². The Balaban J connectivity index is 1.36. The summed E-state index contributed by atoms with van der Waals surface area (Å²) in [4.78, 5) is 29.0. The van der Waals surface area contributed by atoms with Crippen LogP contribution in [0, 0.1) is 19.8 Å². The second-order valence-electron chi connectivity index (χ2n) is 9.89. The number of aryl methyl sites for hydroxylation is 2. The molecule has 0 radical (unpaired) electrons. The molecule has 2 atom stereocenters. The van der Waals surface area contributed by atoms with Crippen molar-refractivity contribution in [3.8, 4) is 0 Å². The van der Waals surface area contributed by atoms with Crippen LogP contribution in [0.5, 0.6) is 0 Å².